The lowest BCUT2D eigenvalue weighted by Gasteiger charge is -2.10. The number of carbonyl (C=O) groups excluding carboxylic acids is 2. The number of carbonyl (C=O) groups is 2. The largest absolute Gasteiger partial charge is 0.457 e. The average Bonchev–Trinajstić information content (AvgIpc) is 3.24. The van der Waals surface area contributed by atoms with Gasteiger partial charge < -0.3 is 9.30 Å². The number of benzene rings is 2. The number of esters is 1. The normalized spacial score (nSPS) is 15.1. The van der Waals surface area contributed by atoms with Crippen LogP contribution in [0.4, 0.5) is 4.39 Å². The fourth-order valence-electron chi connectivity index (χ4n) is 3.86. The van der Waals surface area contributed by atoms with E-state index >= 15 is 0 Å². The van der Waals surface area contributed by atoms with Gasteiger partial charge in [0.25, 0.3) is 10.0 Å². The number of nitrogens with zero attached hydrogens (tertiary/aromatic N) is 2. The van der Waals surface area contributed by atoms with Gasteiger partial charge >= 0.3 is 5.97 Å². The van der Waals surface area contributed by atoms with Gasteiger partial charge in [0.1, 0.15) is 11.7 Å². The molecule has 0 spiro atoms. The second-order valence-electron chi connectivity index (χ2n) is 7.77. The summed E-state index contributed by atoms with van der Waals surface area (Å²) in [5.41, 5.74) is 2.77. The summed E-state index contributed by atoms with van der Waals surface area (Å²) in [6, 6.07) is 14.1. The Morgan fingerprint density at radius 2 is 1.85 bits per heavy atom. The van der Waals surface area contributed by atoms with Crippen molar-refractivity contribution in [2.45, 2.75) is 25.2 Å². The number of aliphatic imine (C=N–C) groups is 1. The van der Waals surface area contributed by atoms with Gasteiger partial charge in [-0.05, 0) is 50.2 Å². The first-order valence-electron chi connectivity index (χ1n) is 10.5. The van der Waals surface area contributed by atoms with Crippen LogP contribution in [0.2, 0.25) is 0 Å². The Kier molecular flexibility index (Phi) is 6.34. The lowest BCUT2D eigenvalue weighted by molar-refractivity contribution is -0.142. The van der Waals surface area contributed by atoms with Gasteiger partial charge in [0.05, 0.1) is 17.9 Å². The highest BCUT2D eigenvalue weighted by Crippen LogP contribution is 2.23. The Morgan fingerprint density at radius 3 is 2.62 bits per heavy atom. The van der Waals surface area contributed by atoms with Crippen LogP contribution in [0.5, 0.6) is 0 Å². The summed E-state index contributed by atoms with van der Waals surface area (Å²) >= 11 is 0. The topological polar surface area (TPSA) is 107 Å². The van der Waals surface area contributed by atoms with Crippen LogP contribution in [0.3, 0.4) is 0 Å². The monoisotopic (exact) mass is 483 g/mol. The number of rotatable bonds is 7. The number of ether oxygens (including phenoxy) is 1. The van der Waals surface area contributed by atoms with E-state index in [9.17, 15) is 22.4 Å². The minimum absolute atomic E-state index is 0.00665. The average molecular weight is 484 g/mol. The molecular formula is C24H22FN3O5S. The lowest BCUT2D eigenvalue weighted by Crippen LogP contribution is -2.22. The molecule has 0 bridgehead atoms. The maximum absolute atomic E-state index is 13.6. The van der Waals surface area contributed by atoms with E-state index in [-0.39, 0.29) is 35.3 Å². The maximum Gasteiger partial charge on any atom is 0.308 e. The number of fused-ring (bicyclic) bond motifs is 1. The number of halogens is 1. The zero-order valence-electron chi connectivity index (χ0n) is 18.5. The first-order valence-corrected chi connectivity index (χ1v) is 12.0. The van der Waals surface area contributed by atoms with Crippen molar-refractivity contribution in [1.82, 2.24) is 9.29 Å². The molecule has 0 aliphatic carbocycles. The minimum atomic E-state index is -3.65. The number of aromatic nitrogens is 1. The lowest BCUT2D eigenvalue weighted by atomic mass is 10.1. The summed E-state index contributed by atoms with van der Waals surface area (Å²) in [4.78, 5) is 29.1. The van der Waals surface area contributed by atoms with Crippen molar-refractivity contribution in [3.8, 4) is 5.69 Å². The Morgan fingerprint density at radius 1 is 1.09 bits per heavy atom. The Labute approximate surface area is 196 Å². The van der Waals surface area contributed by atoms with E-state index in [1.807, 2.05) is 0 Å². The number of amidine groups is 1. The fourth-order valence-corrected chi connectivity index (χ4v) is 5.11. The van der Waals surface area contributed by atoms with E-state index in [0.29, 0.717) is 22.5 Å². The molecule has 2 aromatic carbocycles. The van der Waals surface area contributed by atoms with E-state index in [2.05, 4.69) is 9.71 Å². The van der Waals surface area contributed by atoms with E-state index < -0.39 is 22.6 Å². The molecule has 8 nitrogen and oxygen atoms in total. The second kappa shape index (κ2) is 9.22. The van der Waals surface area contributed by atoms with Crippen molar-refractivity contribution in [3.63, 3.8) is 0 Å². The molecule has 0 unspecified atom stereocenters. The van der Waals surface area contributed by atoms with Gasteiger partial charge in [-0.3, -0.25) is 19.3 Å². The van der Waals surface area contributed by atoms with Crippen LogP contribution in [0.1, 0.15) is 33.7 Å². The third-order valence-corrected chi connectivity index (χ3v) is 6.81. The molecule has 4 rings (SSSR count). The zero-order valence-corrected chi connectivity index (χ0v) is 19.4. The first-order chi connectivity index (χ1) is 16.2. The molecule has 0 saturated carbocycles. The van der Waals surface area contributed by atoms with Gasteiger partial charge in [0.2, 0.25) is 5.78 Å². The molecule has 176 valence electrons. The van der Waals surface area contributed by atoms with Crippen molar-refractivity contribution in [2.75, 3.05) is 13.2 Å². The second-order valence-corrected chi connectivity index (χ2v) is 9.42. The molecule has 1 aromatic heterocycles. The van der Waals surface area contributed by atoms with Crippen LogP contribution in [0.15, 0.2) is 64.5 Å². The van der Waals surface area contributed by atoms with Gasteiger partial charge in [0, 0.05) is 28.2 Å². The van der Waals surface area contributed by atoms with Crippen molar-refractivity contribution >= 4 is 27.6 Å². The smallest absolute Gasteiger partial charge is 0.308 e. The van der Waals surface area contributed by atoms with Crippen molar-refractivity contribution < 1.29 is 27.1 Å². The van der Waals surface area contributed by atoms with Gasteiger partial charge in [-0.25, -0.2) is 12.8 Å². The van der Waals surface area contributed by atoms with Gasteiger partial charge in [-0.1, -0.05) is 18.2 Å². The Bertz CT molecular complexity index is 1430. The molecule has 34 heavy (non-hydrogen) atoms. The molecule has 0 fully saturated rings. The number of hydrogen-bond acceptors (Lipinski definition) is 6. The molecular weight excluding hydrogens is 461 g/mol. The van der Waals surface area contributed by atoms with Crippen molar-refractivity contribution in [2.24, 2.45) is 4.99 Å². The highest BCUT2D eigenvalue weighted by molar-refractivity contribution is 7.90. The van der Waals surface area contributed by atoms with Crippen LogP contribution >= 0.6 is 0 Å². The molecule has 2 heterocycles. The van der Waals surface area contributed by atoms with Crippen LogP contribution in [-0.4, -0.2) is 43.7 Å². The van der Waals surface area contributed by atoms with E-state index in [4.69, 9.17) is 4.74 Å². The number of hydrogen-bond donors (Lipinski definition) is 1. The number of ketones is 1. The molecule has 1 N–H and O–H groups in total. The van der Waals surface area contributed by atoms with E-state index in [1.165, 1.54) is 18.2 Å². The summed E-state index contributed by atoms with van der Waals surface area (Å²) in [5, 5.41) is 0. The van der Waals surface area contributed by atoms with Crippen LogP contribution < -0.4 is 4.72 Å². The Hall–Kier alpha value is -3.79. The molecule has 0 atom stereocenters. The number of nitrogens with one attached hydrogen (secondary N) is 1. The SMILES string of the molecule is Cc1cc(C(=O)COC(=O)CCN=C2NS(=O)(=O)c3ccccc32)c(C)n1-c1cccc(F)c1. The Balaban J connectivity index is 1.36. The molecule has 0 radical (unpaired) electrons. The summed E-state index contributed by atoms with van der Waals surface area (Å²) in [6.45, 7) is 3.09. The highest BCUT2D eigenvalue weighted by Gasteiger charge is 2.30. The molecule has 3 aromatic rings. The first kappa shape index (κ1) is 23.4. The third kappa shape index (κ3) is 4.62. The third-order valence-electron chi connectivity index (χ3n) is 5.41. The predicted octanol–water partition coefficient (Wildman–Crippen LogP) is 3.09. The van der Waals surface area contributed by atoms with Crippen LogP contribution in [0.25, 0.3) is 5.69 Å². The van der Waals surface area contributed by atoms with Crippen LogP contribution in [0, 0.1) is 19.7 Å². The van der Waals surface area contributed by atoms with Crippen molar-refractivity contribution in [3.05, 3.63) is 82.9 Å². The van der Waals surface area contributed by atoms with Gasteiger partial charge in [-0.15, -0.1) is 0 Å². The number of sulfonamides is 1. The van der Waals surface area contributed by atoms with E-state index in [0.717, 1.165) is 5.69 Å². The summed E-state index contributed by atoms with van der Waals surface area (Å²) < 4.78 is 47.0. The molecule has 1 aliphatic rings. The highest BCUT2D eigenvalue weighted by atomic mass is 32.2. The number of Topliss-reactive ketones (excluding diaryl/α,β-unsaturated/α-hetero) is 1. The van der Waals surface area contributed by atoms with Crippen LogP contribution in [-0.2, 0) is 19.6 Å². The standard InChI is InChI=1S/C24H22FN3O5S/c1-15-12-20(16(2)28(15)18-7-5-6-17(25)13-18)21(29)14-33-23(30)10-11-26-24-19-8-3-4-9-22(19)34(31,32)27-24/h3-9,12-13H,10-11,14H2,1-2H3,(H,26,27). The predicted molar refractivity (Wildman–Crippen MR) is 123 cm³/mol. The molecule has 0 saturated heterocycles. The summed E-state index contributed by atoms with van der Waals surface area (Å²) in [6.07, 6.45) is -0.122. The summed E-state index contributed by atoms with van der Waals surface area (Å²) in [5.74, 6) is -1.23. The molecule has 1 aliphatic heterocycles. The van der Waals surface area contributed by atoms with E-state index in [1.54, 1.807) is 54.8 Å². The fraction of sp³-hybridized carbons (Fsp3) is 0.208. The zero-order chi connectivity index (χ0) is 24.5. The summed E-state index contributed by atoms with van der Waals surface area (Å²) in [7, 11) is -3.65. The minimum Gasteiger partial charge on any atom is -0.457 e. The maximum atomic E-state index is 13.6. The van der Waals surface area contributed by atoms with Gasteiger partial charge in [-0.2, -0.15) is 0 Å². The molecule has 0 amide bonds. The number of aryl methyl sites for hydroxylation is 1. The van der Waals surface area contributed by atoms with Gasteiger partial charge in [0.15, 0.2) is 6.61 Å². The molecule has 10 heteroatoms. The van der Waals surface area contributed by atoms with Crippen molar-refractivity contribution in [1.29, 1.82) is 0 Å². The quantitative estimate of drug-likeness (QED) is 0.411.